The fraction of sp³-hybridized carbons (Fsp3) is 0.478. The molecule has 1 fully saturated rings. The highest BCUT2D eigenvalue weighted by molar-refractivity contribution is 5.17. The number of rotatable bonds is 8. The van der Waals surface area contributed by atoms with Crippen molar-refractivity contribution in [2.75, 3.05) is 13.1 Å². The average molecular weight is 373 g/mol. The van der Waals surface area contributed by atoms with Crippen LogP contribution in [0.2, 0.25) is 0 Å². The Morgan fingerprint density at radius 3 is 1.93 bits per heavy atom. The van der Waals surface area contributed by atoms with E-state index in [9.17, 15) is 8.78 Å². The molecule has 0 spiro atoms. The highest BCUT2D eigenvalue weighted by Gasteiger charge is 2.39. The number of nitrogens with one attached hydrogen (secondary N) is 1. The van der Waals surface area contributed by atoms with Gasteiger partial charge in [0, 0.05) is 25.0 Å². The Bertz CT molecular complexity index is 659. The Hall–Kier alpha value is -1.78. The molecule has 0 amide bonds. The SMILES string of the molecule is CC1(C)CC(CC(F)(F)CN(Cc2ccccc2)Cc2ccccc2)CN1. The van der Waals surface area contributed by atoms with Crippen molar-refractivity contribution in [2.24, 2.45) is 5.92 Å². The molecule has 1 atom stereocenters. The molecule has 0 radical (unpaired) electrons. The molecule has 0 bridgehead atoms. The third kappa shape index (κ3) is 6.40. The lowest BCUT2D eigenvalue weighted by molar-refractivity contribution is -0.0539. The molecule has 2 aromatic carbocycles. The number of benzene rings is 2. The van der Waals surface area contributed by atoms with Crippen LogP contribution in [0.15, 0.2) is 60.7 Å². The molecule has 146 valence electrons. The van der Waals surface area contributed by atoms with Gasteiger partial charge in [0.25, 0.3) is 5.92 Å². The monoisotopic (exact) mass is 372 g/mol. The van der Waals surface area contributed by atoms with Gasteiger partial charge in [-0.2, -0.15) is 0 Å². The van der Waals surface area contributed by atoms with E-state index in [1.54, 1.807) is 0 Å². The largest absolute Gasteiger partial charge is 0.312 e. The second kappa shape index (κ2) is 8.49. The zero-order chi connectivity index (χ0) is 19.3. The first-order chi connectivity index (χ1) is 12.8. The second-order valence-corrected chi connectivity index (χ2v) is 8.51. The van der Waals surface area contributed by atoms with Gasteiger partial charge in [0.05, 0.1) is 6.54 Å². The van der Waals surface area contributed by atoms with Crippen LogP contribution in [-0.4, -0.2) is 29.5 Å². The van der Waals surface area contributed by atoms with Gasteiger partial charge in [0.1, 0.15) is 0 Å². The zero-order valence-corrected chi connectivity index (χ0v) is 16.3. The Labute approximate surface area is 161 Å². The lowest BCUT2D eigenvalue weighted by Gasteiger charge is -2.29. The topological polar surface area (TPSA) is 15.3 Å². The highest BCUT2D eigenvalue weighted by Crippen LogP contribution is 2.33. The summed E-state index contributed by atoms with van der Waals surface area (Å²) in [5.41, 5.74) is 2.09. The quantitative estimate of drug-likeness (QED) is 0.693. The summed E-state index contributed by atoms with van der Waals surface area (Å²) in [5.74, 6) is -2.67. The van der Waals surface area contributed by atoms with E-state index in [0.29, 0.717) is 19.6 Å². The van der Waals surface area contributed by atoms with Crippen LogP contribution in [0.1, 0.15) is 37.8 Å². The van der Waals surface area contributed by atoms with Crippen molar-refractivity contribution >= 4 is 0 Å². The van der Waals surface area contributed by atoms with E-state index >= 15 is 0 Å². The Balaban J connectivity index is 1.67. The molecule has 1 aliphatic rings. The van der Waals surface area contributed by atoms with Crippen LogP contribution in [0.25, 0.3) is 0 Å². The number of alkyl halides is 2. The minimum absolute atomic E-state index is 0.0327. The standard InChI is InChI=1S/C23H30F2N2/c1-22(2)13-21(15-26-22)14-23(24,25)18-27(16-19-9-5-3-6-10-19)17-20-11-7-4-8-12-20/h3-12,21,26H,13-18H2,1-2H3. The van der Waals surface area contributed by atoms with E-state index < -0.39 is 5.92 Å². The fourth-order valence-corrected chi connectivity index (χ4v) is 4.10. The van der Waals surface area contributed by atoms with Crippen molar-refractivity contribution in [1.82, 2.24) is 10.2 Å². The molecule has 0 saturated carbocycles. The number of nitrogens with zero attached hydrogens (tertiary/aromatic N) is 1. The van der Waals surface area contributed by atoms with Crippen LogP contribution >= 0.6 is 0 Å². The summed E-state index contributed by atoms with van der Waals surface area (Å²) < 4.78 is 29.8. The van der Waals surface area contributed by atoms with E-state index in [1.807, 2.05) is 65.6 Å². The van der Waals surface area contributed by atoms with Crippen LogP contribution in [0.4, 0.5) is 8.78 Å². The fourth-order valence-electron chi connectivity index (χ4n) is 4.10. The molecule has 0 aromatic heterocycles. The first-order valence-electron chi connectivity index (χ1n) is 9.74. The van der Waals surface area contributed by atoms with E-state index in [1.165, 1.54) is 0 Å². The van der Waals surface area contributed by atoms with E-state index in [2.05, 4.69) is 19.2 Å². The molecule has 4 heteroatoms. The smallest absolute Gasteiger partial charge is 0.260 e. The first kappa shape index (κ1) is 20.0. The molecule has 1 saturated heterocycles. The molecule has 2 nitrogen and oxygen atoms in total. The van der Waals surface area contributed by atoms with Gasteiger partial charge in [-0.05, 0) is 43.9 Å². The molecule has 1 heterocycles. The van der Waals surface area contributed by atoms with E-state index in [-0.39, 0.29) is 24.4 Å². The van der Waals surface area contributed by atoms with Gasteiger partial charge in [-0.3, -0.25) is 4.90 Å². The maximum atomic E-state index is 14.9. The number of halogens is 2. The summed E-state index contributed by atoms with van der Waals surface area (Å²) in [6.45, 7) is 5.69. The summed E-state index contributed by atoms with van der Waals surface area (Å²) in [7, 11) is 0. The highest BCUT2D eigenvalue weighted by atomic mass is 19.3. The maximum absolute atomic E-state index is 14.9. The molecule has 0 aliphatic carbocycles. The van der Waals surface area contributed by atoms with Crippen LogP contribution in [0.5, 0.6) is 0 Å². The van der Waals surface area contributed by atoms with Gasteiger partial charge in [0.15, 0.2) is 0 Å². The van der Waals surface area contributed by atoms with Crippen molar-refractivity contribution < 1.29 is 8.78 Å². The average Bonchev–Trinajstić information content (AvgIpc) is 2.94. The van der Waals surface area contributed by atoms with Gasteiger partial charge < -0.3 is 5.32 Å². The van der Waals surface area contributed by atoms with Crippen molar-refractivity contribution in [3.63, 3.8) is 0 Å². The molecular formula is C23H30F2N2. The van der Waals surface area contributed by atoms with Crippen molar-refractivity contribution in [1.29, 1.82) is 0 Å². The molecule has 1 aliphatic heterocycles. The lowest BCUT2D eigenvalue weighted by Crippen LogP contribution is -2.38. The normalized spacial score (nSPS) is 19.5. The van der Waals surface area contributed by atoms with Gasteiger partial charge >= 0.3 is 0 Å². The summed E-state index contributed by atoms with van der Waals surface area (Å²) in [5, 5.41) is 3.35. The molecule has 3 rings (SSSR count). The molecule has 27 heavy (non-hydrogen) atoms. The minimum atomic E-state index is -2.70. The molecule has 2 aromatic rings. The summed E-state index contributed by atoms with van der Waals surface area (Å²) in [6, 6.07) is 19.7. The van der Waals surface area contributed by atoms with Gasteiger partial charge in [0.2, 0.25) is 0 Å². The summed E-state index contributed by atoms with van der Waals surface area (Å²) in [6.07, 6.45) is 0.753. The zero-order valence-electron chi connectivity index (χ0n) is 16.3. The van der Waals surface area contributed by atoms with Crippen molar-refractivity contribution in [3.05, 3.63) is 71.8 Å². The van der Waals surface area contributed by atoms with Gasteiger partial charge in [-0.25, -0.2) is 8.78 Å². The minimum Gasteiger partial charge on any atom is -0.312 e. The Kier molecular flexibility index (Phi) is 6.28. The molecule has 1 N–H and O–H groups in total. The Morgan fingerprint density at radius 2 is 1.48 bits per heavy atom. The summed E-state index contributed by atoms with van der Waals surface area (Å²) in [4.78, 5) is 1.87. The number of hydrogen-bond donors (Lipinski definition) is 1. The van der Waals surface area contributed by atoms with E-state index in [0.717, 1.165) is 17.5 Å². The van der Waals surface area contributed by atoms with E-state index in [4.69, 9.17) is 0 Å². The Morgan fingerprint density at radius 1 is 0.963 bits per heavy atom. The second-order valence-electron chi connectivity index (χ2n) is 8.51. The van der Waals surface area contributed by atoms with Crippen molar-refractivity contribution in [3.8, 4) is 0 Å². The van der Waals surface area contributed by atoms with Gasteiger partial charge in [-0.15, -0.1) is 0 Å². The first-order valence-corrected chi connectivity index (χ1v) is 9.74. The maximum Gasteiger partial charge on any atom is 0.260 e. The van der Waals surface area contributed by atoms with Crippen LogP contribution in [-0.2, 0) is 13.1 Å². The van der Waals surface area contributed by atoms with Crippen molar-refractivity contribution in [2.45, 2.75) is 51.2 Å². The predicted molar refractivity (Wildman–Crippen MR) is 107 cm³/mol. The predicted octanol–water partition coefficient (Wildman–Crippen LogP) is 5.10. The number of hydrogen-bond acceptors (Lipinski definition) is 2. The van der Waals surface area contributed by atoms with Gasteiger partial charge in [-0.1, -0.05) is 60.7 Å². The third-order valence-corrected chi connectivity index (χ3v) is 5.21. The lowest BCUT2D eigenvalue weighted by atomic mass is 9.92. The van der Waals surface area contributed by atoms with Crippen LogP contribution < -0.4 is 5.32 Å². The summed E-state index contributed by atoms with van der Waals surface area (Å²) >= 11 is 0. The molecule has 1 unspecified atom stereocenters. The van der Waals surface area contributed by atoms with Crippen LogP contribution in [0, 0.1) is 5.92 Å². The van der Waals surface area contributed by atoms with Crippen LogP contribution in [0.3, 0.4) is 0 Å². The molecular weight excluding hydrogens is 342 g/mol. The third-order valence-electron chi connectivity index (χ3n) is 5.21.